The Kier molecular flexibility index (Phi) is 8.23. The molecule has 0 fully saturated rings. The molecule has 3 N–H and O–H groups in total. The number of benzene rings is 2. The van der Waals surface area contributed by atoms with Crippen molar-refractivity contribution in [2.24, 2.45) is 5.92 Å². The first-order valence-electron chi connectivity index (χ1n) is 9.23. The second kappa shape index (κ2) is 10.4. The van der Waals surface area contributed by atoms with Gasteiger partial charge >= 0.3 is 35.5 Å². The average molecular weight is 418 g/mol. The van der Waals surface area contributed by atoms with Crippen molar-refractivity contribution in [2.75, 3.05) is 13.1 Å². The molecule has 0 aromatic heterocycles. The van der Waals surface area contributed by atoms with E-state index in [2.05, 4.69) is 5.32 Å². The SMILES string of the molecule is C[C@H]1CN(Cc2ccc(-c3ccccc3)cc2)C(=O)C(C(=O)NCC(=O)O)=C1O.[NaH]. The molecule has 30 heavy (non-hydrogen) atoms. The Labute approximate surface area is 196 Å². The zero-order valence-electron chi connectivity index (χ0n) is 16.0. The minimum atomic E-state index is -1.23. The molecule has 1 aliphatic rings. The third-order valence-electron chi connectivity index (χ3n) is 4.78. The van der Waals surface area contributed by atoms with Crippen molar-refractivity contribution in [1.82, 2.24) is 10.2 Å². The van der Waals surface area contributed by atoms with Crippen molar-refractivity contribution >= 4 is 47.3 Å². The third-order valence-corrected chi connectivity index (χ3v) is 4.78. The van der Waals surface area contributed by atoms with Crippen LogP contribution in [0.5, 0.6) is 0 Å². The van der Waals surface area contributed by atoms with E-state index in [9.17, 15) is 19.5 Å². The fourth-order valence-electron chi connectivity index (χ4n) is 3.26. The Hall–Kier alpha value is -2.61. The first-order valence-corrected chi connectivity index (χ1v) is 9.23. The van der Waals surface area contributed by atoms with Gasteiger partial charge in [0.2, 0.25) is 0 Å². The number of carbonyl (C=O) groups excluding carboxylic acids is 2. The second-order valence-electron chi connectivity index (χ2n) is 6.99. The molecule has 1 aliphatic heterocycles. The molecule has 152 valence electrons. The molecule has 0 saturated carbocycles. The Balaban J connectivity index is 0.00000320. The molecule has 0 radical (unpaired) electrons. The molecule has 0 spiro atoms. The molecule has 3 rings (SSSR count). The number of aliphatic hydroxyl groups excluding tert-OH is 1. The minimum absolute atomic E-state index is 0. The second-order valence-corrected chi connectivity index (χ2v) is 6.99. The average Bonchev–Trinajstić information content (AvgIpc) is 2.72. The van der Waals surface area contributed by atoms with Gasteiger partial charge in [-0.1, -0.05) is 61.5 Å². The van der Waals surface area contributed by atoms with Crippen LogP contribution < -0.4 is 5.32 Å². The van der Waals surface area contributed by atoms with Crippen LogP contribution in [-0.2, 0) is 20.9 Å². The van der Waals surface area contributed by atoms with Gasteiger partial charge in [0.25, 0.3) is 11.8 Å². The number of amides is 2. The Bertz CT molecular complexity index is 957. The molecule has 2 aromatic carbocycles. The van der Waals surface area contributed by atoms with Gasteiger partial charge in [0, 0.05) is 19.0 Å². The van der Waals surface area contributed by atoms with Gasteiger partial charge in [0.05, 0.1) is 0 Å². The number of aliphatic carboxylic acids is 1. The molecule has 2 amide bonds. The summed E-state index contributed by atoms with van der Waals surface area (Å²) in [4.78, 5) is 37.1. The van der Waals surface area contributed by atoms with E-state index in [1.807, 2.05) is 54.6 Å². The normalized spacial score (nSPS) is 16.1. The Morgan fingerprint density at radius 2 is 1.67 bits per heavy atom. The number of carbonyl (C=O) groups is 3. The molecule has 2 aromatic rings. The van der Waals surface area contributed by atoms with Gasteiger partial charge in [-0.15, -0.1) is 0 Å². The molecular formula is C22H23N2NaO5. The number of hydrogen-bond acceptors (Lipinski definition) is 4. The maximum atomic E-state index is 12.8. The number of aliphatic hydroxyl groups is 1. The van der Waals surface area contributed by atoms with E-state index in [0.29, 0.717) is 0 Å². The van der Waals surface area contributed by atoms with Gasteiger partial charge in [-0.25, -0.2) is 0 Å². The predicted molar refractivity (Wildman–Crippen MR) is 114 cm³/mol. The van der Waals surface area contributed by atoms with Crippen LogP contribution in [0.1, 0.15) is 12.5 Å². The number of carboxylic acids is 1. The number of rotatable bonds is 6. The molecular weight excluding hydrogens is 395 g/mol. The molecule has 8 heteroatoms. The first-order chi connectivity index (χ1) is 13.9. The maximum absolute atomic E-state index is 12.8. The van der Waals surface area contributed by atoms with Crippen LogP contribution in [0.2, 0.25) is 0 Å². The van der Waals surface area contributed by atoms with Crippen LogP contribution in [0.3, 0.4) is 0 Å². The molecule has 0 aliphatic carbocycles. The quantitative estimate of drug-likeness (QED) is 0.489. The van der Waals surface area contributed by atoms with Crippen molar-refractivity contribution in [3.63, 3.8) is 0 Å². The fraction of sp³-hybridized carbons (Fsp3) is 0.227. The van der Waals surface area contributed by atoms with Crippen LogP contribution in [0.4, 0.5) is 0 Å². The topological polar surface area (TPSA) is 107 Å². The van der Waals surface area contributed by atoms with Crippen LogP contribution in [0.15, 0.2) is 65.9 Å². The summed E-state index contributed by atoms with van der Waals surface area (Å²) in [6.07, 6.45) is 0. The van der Waals surface area contributed by atoms with Gasteiger partial charge in [-0.3, -0.25) is 14.4 Å². The third kappa shape index (κ3) is 5.50. The van der Waals surface area contributed by atoms with Crippen molar-refractivity contribution < 1.29 is 24.6 Å². The first kappa shape index (κ1) is 23.7. The van der Waals surface area contributed by atoms with E-state index in [0.717, 1.165) is 16.7 Å². The van der Waals surface area contributed by atoms with E-state index in [1.165, 1.54) is 4.90 Å². The molecule has 7 nitrogen and oxygen atoms in total. The van der Waals surface area contributed by atoms with Crippen molar-refractivity contribution in [1.29, 1.82) is 0 Å². The van der Waals surface area contributed by atoms with Gasteiger partial charge in [-0.05, 0) is 16.7 Å². The fourth-order valence-corrected chi connectivity index (χ4v) is 3.26. The monoisotopic (exact) mass is 418 g/mol. The van der Waals surface area contributed by atoms with Crippen molar-refractivity contribution in [2.45, 2.75) is 13.5 Å². The summed E-state index contributed by atoms with van der Waals surface area (Å²) in [6.45, 7) is 1.62. The number of nitrogens with zero attached hydrogens (tertiary/aromatic N) is 1. The molecule has 1 heterocycles. The van der Waals surface area contributed by atoms with Gasteiger partial charge < -0.3 is 20.4 Å². The Morgan fingerprint density at radius 3 is 2.27 bits per heavy atom. The zero-order valence-corrected chi connectivity index (χ0v) is 16.0. The number of carboxylic acid groups (broad SMARTS) is 1. The summed E-state index contributed by atoms with van der Waals surface area (Å²) in [5.41, 5.74) is 2.63. The van der Waals surface area contributed by atoms with E-state index in [4.69, 9.17) is 5.11 Å². The summed E-state index contributed by atoms with van der Waals surface area (Å²) in [5.74, 6) is -3.47. The standard InChI is InChI=1S/C22H22N2O5.Na.H/c1-14-12-24(22(29)19(20(14)27)21(28)23-11-18(25)26)13-15-7-9-17(10-8-15)16-5-3-2-4-6-16;;/h2-10,14,27H,11-13H2,1H3,(H,23,28)(H,25,26);;/t14-;;/m0../s1. The van der Waals surface area contributed by atoms with E-state index < -0.39 is 35.8 Å². The van der Waals surface area contributed by atoms with Crippen LogP contribution in [0, 0.1) is 5.92 Å². The summed E-state index contributed by atoms with van der Waals surface area (Å²) in [7, 11) is 0. The van der Waals surface area contributed by atoms with Crippen LogP contribution in [-0.4, -0.2) is 75.5 Å². The zero-order chi connectivity index (χ0) is 21.0. The van der Waals surface area contributed by atoms with E-state index >= 15 is 0 Å². The number of hydrogen-bond donors (Lipinski definition) is 3. The molecule has 1 atom stereocenters. The molecule has 0 saturated heterocycles. The summed E-state index contributed by atoms with van der Waals surface area (Å²) < 4.78 is 0. The summed E-state index contributed by atoms with van der Waals surface area (Å²) in [6, 6.07) is 17.7. The summed E-state index contributed by atoms with van der Waals surface area (Å²) >= 11 is 0. The van der Waals surface area contributed by atoms with Crippen LogP contribution in [0.25, 0.3) is 11.1 Å². The Morgan fingerprint density at radius 1 is 1.07 bits per heavy atom. The summed E-state index contributed by atoms with van der Waals surface area (Å²) in [5, 5.41) is 21.1. The van der Waals surface area contributed by atoms with E-state index in [1.54, 1.807) is 6.92 Å². The molecule has 0 unspecified atom stereocenters. The van der Waals surface area contributed by atoms with Gasteiger partial charge in [0.1, 0.15) is 17.9 Å². The van der Waals surface area contributed by atoms with Gasteiger partial charge in [-0.2, -0.15) is 0 Å². The number of nitrogens with one attached hydrogen (secondary N) is 1. The van der Waals surface area contributed by atoms with Gasteiger partial charge in [0.15, 0.2) is 0 Å². The predicted octanol–water partition coefficient (Wildman–Crippen LogP) is 1.70. The van der Waals surface area contributed by atoms with Crippen molar-refractivity contribution in [3.05, 3.63) is 71.5 Å². The van der Waals surface area contributed by atoms with Crippen LogP contribution >= 0.6 is 0 Å². The molecule has 0 bridgehead atoms. The van der Waals surface area contributed by atoms with Crippen molar-refractivity contribution in [3.8, 4) is 11.1 Å². The van der Waals surface area contributed by atoms with E-state index in [-0.39, 0.29) is 48.4 Å².